The Labute approximate surface area is 174 Å². The van der Waals surface area contributed by atoms with E-state index in [0.717, 1.165) is 10.9 Å². The molecule has 2 aromatic carbocycles. The summed E-state index contributed by atoms with van der Waals surface area (Å²) in [6, 6.07) is 8.65. The van der Waals surface area contributed by atoms with Crippen molar-refractivity contribution in [3.05, 3.63) is 36.5 Å². The number of hydrogen-bond acceptors (Lipinski definition) is 8. The zero-order valence-corrected chi connectivity index (χ0v) is 17.4. The number of fused-ring (bicyclic) bond motifs is 1. The summed E-state index contributed by atoms with van der Waals surface area (Å²) in [5.41, 5.74) is 7.51. The molecule has 30 heavy (non-hydrogen) atoms. The summed E-state index contributed by atoms with van der Waals surface area (Å²) in [5, 5.41) is 24.6. The number of nitrogens with two attached hydrogens (primary N) is 2. The van der Waals surface area contributed by atoms with E-state index in [0.29, 0.717) is 11.1 Å². The Hall–Kier alpha value is -3.00. The number of nitrogens with one attached hydrogen (secondary N) is 1. The highest BCUT2D eigenvalue weighted by Crippen LogP contribution is 2.38. The van der Waals surface area contributed by atoms with E-state index >= 15 is 0 Å². The van der Waals surface area contributed by atoms with Crippen LogP contribution in [0, 0.1) is 0 Å². The van der Waals surface area contributed by atoms with E-state index in [9.17, 15) is 12.6 Å². The lowest BCUT2D eigenvalue weighted by Crippen LogP contribution is -2.19. The second-order valence-corrected chi connectivity index (χ2v) is 9.55. The van der Waals surface area contributed by atoms with Crippen LogP contribution in [0.15, 0.2) is 46.3 Å². The van der Waals surface area contributed by atoms with Gasteiger partial charge >= 0.3 is 0 Å². The predicted octanol–water partition coefficient (Wildman–Crippen LogP) is 0.134. The number of aryl methyl sites for hydroxylation is 1. The quantitative estimate of drug-likeness (QED) is 0.374. The van der Waals surface area contributed by atoms with Crippen LogP contribution < -0.4 is 10.9 Å². The Morgan fingerprint density at radius 2 is 2.03 bits per heavy atom. The van der Waals surface area contributed by atoms with Crippen LogP contribution in [0.25, 0.3) is 33.4 Å². The second kappa shape index (κ2) is 7.68. The SMILES string of the molecule is Cn1cc2ccc(-c3ccc(S(=O)CCN)c(S(N)(=O)=O)c3-c3nn[nH]n3)cc2n1. The monoisotopic (exact) mass is 446 g/mol. The van der Waals surface area contributed by atoms with Crippen LogP contribution in [0.4, 0.5) is 0 Å². The van der Waals surface area contributed by atoms with Crippen LogP contribution in [-0.4, -0.2) is 55.3 Å². The topological polar surface area (TPSA) is 176 Å². The maximum absolute atomic E-state index is 12.7. The number of H-pyrrole nitrogens is 1. The van der Waals surface area contributed by atoms with Crippen LogP contribution in [-0.2, 0) is 27.9 Å². The Morgan fingerprint density at radius 1 is 1.23 bits per heavy atom. The van der Waals surface area contributed by atoms with Crippen molar-refractivity contribution < 1.29 is 12.6 Å². The summed E-state index contributed by atoms with van der Waals surface area (Å²) >= 11 is 0. The molecule has 0 fully saturated rings. The first-order chi connectivity index (χ1) is 14.3. The Kier molecular flexibility index (Phi) is 5.19. The van der Waals surface area contributed by atoms with E-state index in [2.05, 4.69) is 25.7 Å². The molecular formula is C17H18N8O3S2. The number of primary sulfonamides is 1. The molecule has 1 atom stereocenters. The smallest absolute Gasteiger partial charge is 0.240 e. The summed E-state index contributed by atoms with van der Waals surface area (Å²) < 4.78 is 39.6. The van der Waals surface area contributed by atoms with Gasteiger partial charge in [-0.15, -0.1) is 10.2 Å². The third kappa shape index (κ3) is 3.63. The number of aromatic amines is 1. The maximum atomic E-state index is 12.7. The lowest BCUT2D eigenvalue weighted by atomic mass is 9.98. The van der Waals surface area contributed by atoms with E-state index in [1.807, 2.05) is 31.4 Å². The molecule has 0 aliphatic rings. The largest absolute Gasteiger partial charge is 0.330 e. The van der Waals surface area contributed by atoms with E-state index in [4.69, 9.17) is 10.9 Å². The highest BCUT2D eigenvalue weighted by atomic mass is 32.2. The molecule has 0 aliphatic carbocycles. The second-order valence-electron chi connectivity index (χ2n) is 6.51. The lowest BCUT2D eigenvalue weighted by molar-refractivity contribution is 0.595. The van der Waals surface area contributed by atoms with E-state index < -0.39 is 20.8 Å². The summed E-state index contributed by atoms with van der Waals surface area (Å²) in [6.45, 7) is 0.117. The van der Waals surface area contributed by atoms with Crippen molar-refractivity contribution in [2.24, 2.45) is 17.9 Å². The molecule has 5 N–H and O–H groups in total. The number of nitrogens with zero attached hydrogens (tertiary/aromatic N) is 5. The number of sulfonamides is 1. The van der Waals surface area contributed by atoms with Crippen molar-refractivity contribution in [2.75, 3.05) is 12.3 Å². The zero-order chi connectivity index (χ0) is 21.5. The van der Waals surface area contributed by atoms with Gasteiger partial charge in [-0.2, -0.15) is 10.3 Å². The number of aromatic nitrogens is 6. The number of rotatable bonds is 6. The van der Waals surface area contributed by atoms with E-state index in [1.54, 1.807) is 10.7 Å². The fourth-order valence-electron chi connectivity index (χ4n) is 3.28. The molecule has 4 rings (SSSR count). The highest BCUT2D eigenvalue weighted by molar-refractivity contribution is 7.91. The van der Waals surface area contributed by atoms with Gasteiger partial charge in [0, 0.05) is 30.9 Å². The first-order valence-corrected chi connectivity index (χ1v) is 11.6. The molecule has 11 nitrogen and oxygen atoms in total. The first-order valence-electron chi connectivity index (χ1n) is 8.75. The van der Waals surface area contributed by atoms with Crippen LogP contribution in [0.5, 0.6) is 0 Å². The van der Waals surface area contributed by atoms with Crippen LogP contribution in [0.3, 0.4) is 0 Å². The summed E-state index contributed by atoms with van der Waals surface area (Å²) in [5.74, 6) is 0.0923. The Morgan fingerprint density at radius 3 is 2.70 bits per heavy atom. The van der Waals surface area contributed by atoms with Crippen molar-refractivity contribution >= 4 is 31.7 Å². The molecule has 1 unspecified atom stereocenters. The molecule has 0 bridgehead atoms. The number of tetrazole rings is 1. The molecule has 2 aromatic heterocycles. The van der Waals surface area contributed by atoms with Crippen molar-refractivity contribution in [1.29, 1.82) is 0 Å². The number of hydrogen-bond donors (Lipinski definition) is 3. The van der Waals surface area contributed by atoms with Gasteiger partial charge in [0.05, 0.1) is 26.8 Å². The molecule has 2 heterocycles. The van der Waals surface area contributed by atoms with Gasteiger partial charge in [0.25, 0.3) is 0 Å². The lowest BCUT2D eigenvalue weighted by Gasteiger charge is -2.15. The van der Waals surface area contributed by atoms with Crippen LogP contribution in [0.2, 0.25) is 0 Å². The van der Waals surface area contributed by atoms with Gasteiger partial charge in [0.2, 0.25) is 15.8 Å². The average Bonchev–Trinajstić information content (AvgIpc) is 3.34. The minimum Gasteiger partial charge on any atom is -0.330 e. The third-order valence-electron chi connectivity index (χ3n) is 4.46. The molecule has 0 amide bonds. The van der Waals surface area contributed by atoms with Gasteiger partial charge in [0.15, 0.2) is 0 Å². The molecule has 0 spiro atoms. The summed E-state index contributed by atoms with van der Waals surface area (Å²) in [7, 11) is -4.17. The number of benzene rings is 2. The maximum Gasteiger partial charge on any atom is 0.240 e. The normalized spacial score (nSPS) is 13.0. The zero-order valence-electron chi connectivity index (χ0n) is 15.8. The molecule has 156 valence electrons. The minimum atomic E-state index is -4.30. The van der Waals surface area contributed by atoms with E-state index in [1.165, 1.54) is 6.07 Å². The van der Waals surface area contributed by atoms with Crippen molar-refractivity contribution in [3.63, 3.8) is 0 Å². The fraction of sp³-hybridized carbons (Fsp3) is 0.176. The van der Waals surface area contributed by atoms with Crippen molar-refractivity contribution in [1.82, 2.24) is 30.4 Å². The van der Waals surface area contributed by atoms with Crippen LogP contribution in [0.1, 0.15) is 0 Å². The Balaban J connectivity index is 2.07. The minimum absolute atomic E-state index is 0.0155. The van der Waals surface area contributed by atoms with Gasteiger partial charge in [-0.1, -0.05) is 18.2 Å². The molecule has 0 saturated heterocycles. The van der Waals surface area contributed by atoms with Crippen molar-refractivity contribution in [2.45, 2.75) is 9.79 Å². The highest BCUT2D eigenvalue weighted by Gasteiger charge is 2.28. The first kappa shape index (κ1) is 20.3. The van der Waals surface area contributed by atoms with Gasteiger partial charge in [-0.05, 0) is 28.5 Å². The molecular weight excluding hydrogens is 428 g/mol. The van der Waals surface area contributed by atoms with Gasteiger partial charge in [-0.25, -0.2) is 13.6 Å². The summed E-state index contributed by atoms with van der Waals surface area (Å²) in [6.07, 6.45) is 1.87. The molecule has 0 radical (unpaired) electrons. The molecule has 13 heteroatoms. The Bertz CT molecular complexity index is 1360. The summed E-state index contributed by atoms with van der Waals surface area (Å²) in [4.78, 5) is -0.264. The predicted molar refractivity (Wildman–Crippen MR) is 111 cm³/mol. The van der Waals surface area contributed by atoms with Gasteiger partial charge in [-0.3, -0.25) is 8.89 Å². The standard InChI is InChI=1S/C17H18N8O3S2/c1-25-9-11-3-2-10(8-13(11)22-25)12-4-5-14(29(26)7-6-18)16(30(19,27)28)15(12)17-20-23-24-21-17/h2-5,8-9H,6-7,18H2,1H3,(H2,19,27,28)(H,20,21,23,24). The molecule has 0 aliphatic heterocycles. The van der Waals surface area contributed by atoms with Gasteiger partial charge in [0.1, 0.15) is 4.90 Å². The third-order valence-corrected chi connectivity index (χ3v) is 7.02. The van der Waals surface area contributed by atoms with Gasteiger partial charge < -0.3 is 5.73 Å². The molecule has 0 saturated carbocycles. The van der Waals surface area contributed by atoms with E-state index in [-0.39, 0.29) is 33.5 Å². The molecule has 4 aromatic rings. The average molecular weight is 447 g/mol. The van der Waals surface area contributed by atoms with Crippen molar-refractivity contribution in [3.8, 4) is 22.5 Å². The van der Waals surface area contributed by atoms with Crippen LogP contribution >= 0.6 is 0 Å². The fourth-order valence-corrected chi connectivity index (χ4v) is 5.70.